The van der Waals surface area contributed by atoms with Gasteiger partial charge in [-0.3, -0.25) is 0 Å². The van der Waals surface area contributed by atoms with Crippen molar-refractivity contribution in [3.05, 3.63) is 49.0 Å². The number of ether oxygens (including phenoxy) is 2. The average molecular weight is 479 g/mol. The van der Waals surface area contributed by atoms with Crippen LogP contribution in [0.3, 0.4) is 0 Å². The maximum atomic E-state index is 6.21. The van der Waals surface area contributed by atoms with Gasteiger partial charge in [-0.2, -0.15) is 0 Å². The molecule has 7 heteroatoms. The van der Waals surface area contributed by atoms with Crippen LogP contribution in [0.4, 0.5) is 0 Å². The van der Waals surface area contributed by atoms with E-state index >= 15 is 0 Å². The third kappa shape index (κ3) is 4.28. The summed E-state index contributed by atoms with van der Waals surface area (Å²) in [5, 5.41) is 2.15. The van der Waals surface area contributed by atoms with E-state index in [-0.39, 0.29) is 0 Å². The molecule has 2 aromatic heterocycles. The molecule has 0 amide bonds. The van der Waals surface area contributed by atoms with Gasteiger partial charge in [0, 0.05) is 0 Å². The van der Waals surface area contributed by atoms with E-state index in [1.807, 2.05) is 18.2 Å². The van der Waals surface area contributed by atoms with E-state index in [0.717, 1.165) is 50.9 Å². The van der Waals surface area contributed by atoms with Crippen LogP contribution in [0.15, 0.2) is 53.4 Å². The summed E-state index contributed by atoms with van der Waals surface area (Å²) in [6.45, 7) is 2.97. The predicted molar refractivity (Wildman–Crippen MR) is 124 cm³/mol. The Hall–Kier alpha value is -2.56. The minimum absolute atomic E-state index is 0.581. The Balaban J connectivity index is 1.43. The Bertz CT molecular complexity index is 1200. The van der Waals surface area contributed by atoms with Crippen LogP contribution in [0.25, 0.3) is 21.9 Å². The summed E-state index contributed by atoms with van der Waals surface area (Å²) in [6, 6.07) is 12.3. The van der Waals surface area contributed by atoms with E-state index in [1.54, 1.807) is 19.7 Å². The number of benzene rings is 2. The van der Waals surface area contributed by atoms with Crippen molar-refractivity contribution in [3.63, 3.8) is 0 Å². The van der Waals surface area contributed by atoms with E-state index in [0.29, 0.717) is 12.5 Å². The van der Waals surface area contributed by atoms with Crippen LogP contribution in [0.1, 0.15) is 12.8 Å². The van der Waals surface area contributed by atoms with Crippen molar-refractivity contribution in [2.75, 3.05) is 33.9 Å². The molecule has 1 atom stereocenters. The summed E-state index contributed by atoms with van der Waals surface area (Å²) in [5.74, 6) is 2.07. The molecular weight excluding hydrogens is 453 g/mol. The zero-order chi connectivity index (χ0) is 21.2. The van der Waals surface area contributed by atoms with Crippen molar-refractivity contribution in [1.29, 1.82) is 0 Å². The summed E-state index contributed by atoms with van der Waals surface area (Å²) in [7, 11) is 3.86. The molecular formula is C24H26AsN3O3. The number of hydrogen-bond donors (Lipinski definition) is 0. The van der Waals surface area contributed by atoms with Crippen LogP contribution in [0, 0.1) is 5.92 Å². The average Bonchev–Trinajstić information content (AvgIpc) is 3.28. The fraction of sp³-hybridized carbons (Fsp3) is 0.333. The number of furan rings is 1. The molecule has 0 spiro atoms. The molecule has 1 aliphatic heterocycles. The van der Waals surface area contributed by atoms with Crippen LogP contribution in [-0.4, -0.2) is 64.5 Å². The van der Waals surface area contributed by atoms with Crippen LogP contribution in [0.2, 0.25) is 0 Å². The molecule has 0 radical (unpaired) electrons. The molecule has 4 aromatic rings. The number of piperidine rings is 1. The maximum absolute atomic E-state index is 6.21. The number of rotatable bonds is 6. The first-order chi connectivity index (χ1) is 15.2. The number of para-hydroxylation sites is 1. The Morgan fingerprint density at radius 1 is 1.13 bits per heavy atom. The van der Waals surface area contributed by atoms with Crippen molar-refractivity contribution in [1.82, 2.24) is 14.9 Å². The van der Waals surface area contributed by atoms with Gasteiger partial charge in [0.25, 0.3) is 0 Å². The first kappa shape index (κ1) is 20.3. The normalized spacial score (nSPS) is 15.9. The van der Waals surface area contributed by atoms with Crippen LogP contribution in [0.5, 0.6) is 11.5 Å². The molecule has 1 unspecified atom stereocenters. The first-order valence-corrected chi connectivity index (χ1v) is 12.7. The van der Waals surface area contributed by atoms with Crippen LogP contribution < -0.4 is 18.3 Å². The van der Waals surface area contributed by atoms with Gasteiger partial charge in [0.15, 0.2) is 0 Å². The van der Waals surface area contributed by atoms with Crippen molar-refractivity contribution in [3.8, 4) is 11.5 Å². The zero-order valence-corrected chi connectivity index (χ0v) is 19.9. The number of likely N-dealkylation sites (tertiary alicyclic amines) is 1. The van der Waals surface area contributed by atoms with E-state index in [1.165, 1.54) is 17.2 Å². The van der Waals surface area contributed by atoms with Gasteiger partial charge in [0.2, 0.25) is 0 Å². The van der Waals surface area contributed by atoms with Gasteiger partial charge in [0.05, 0.1) is 0 Å². The Labute approximate surface area is 188 Å². The number of hydrogen-bond acceptors (Lipinski definition) is 6. The topological polar surface area (TPSA) is 60.6 Å². The molecule has 31 heavy (non-hydrogen) atoms. The number of aromatic nitrogens is 2. The Morgan fingerprint density at radius 3 is 2.84 bits per heavy atom. The molecule has 1 fully saturated rings. The molecule has 2 aromatic carbocycles. The van der Waals surface area contributed by atoms with Crippen molar-refractivity contribution < 1.29 is 13.9 Å². The van der Waals surface area contributed by atoms with Gasteiger partial charge in [-0.1, -0.05) is 0 Å². The number of methoxy groups -OCH3 is 1. The standard InChI is InChI=1S/C24H26AsN3O3/c1-28-9-6-16(7-10-28)14-31-22-13-20-18(12-21(22)29-2)24(27-15-26-20)25-19-5-3-4-17-8-11-30-23(17)19/h3-5,8,11-13,15-16,25H,6-7,9-10,14H2,1-2H3. The molecule has 3 heterocycles. The zero-order valence-electron chi connectivity index (χ0n) is 17.8. The number of fused-ring (bicyclic) bond motifs is 2. The Kier molecular flexibility index (Phi) is 5.84. The Morgan fingerprint density at radius 2 is 2.00 bits per heavy atom. The monoisotopic (exact) mass is 479 g/mol. The van der Waals surface area contributed by atoms with Crippen LogP contribution >= 0.6 is 0 Å². The summed E-state index contributed by atoms with van der Waals surface area (Å²) >= 11 is -0.711. The van der Waals surface area contributed by atoms with E-state index in [2.05, 4.69) is 40.1 Å². The fourth-order valence-corrected chi connectivity index (χ4v) is 6.63. The van der Waals surface area contributed by atoms with Crippen molar-refractivity contribution in [2.24, 2.45) is 5.92 Å². The van der Waals surface area contributed by atoms with Crippen molar-refractivity contribution in [2.45, 2.75) is 12.8 Å². The van der Waals surface area contributed by atoms with Gasteiger partial charge >= 0.3 is 188 Å². The molecule has 0 saturated carbocycles. The second-order valence-corrected chi connectivity index (χ2v) is 10.7. The molecule has 6 nitrogen and oxygen atoms in total. The van der Waals surface area contributed by atoms with Gasteiger partial charge in [-0.25, -0.2) is 0 Å². The molecule has 1 saturated heterocycles. The summed E-state index contributed by atoms with van der Waals surface area (Å²) in [5.41, 5.74) is 1.85. The number of nitrogens with zero attached hydrogens (tertiary/aromatic N) is 3. The summed E-state index contributed by atoms with van der Waals surface area (Å²) in [4.78, 5) is 11.5. The van der Waals surface area contributed by atoms with Crippen LogP contribution in [-0.2, 0) is 0 Å². The van der Waals surface area contributed by atoms with Gasteiger partial charge in [0.1, 0.15) is 0 Å². The van der Waals surface area contributed by atoms with Gasteiger partial charge in [-0.05, 0) is 0 Å². The fourth-order valence-electron chi connectivity index (χ4n) is 4.09. The molecule has 160 valence electrons. The molecule has 5 rings (SSSR count). The SMILES string of the molecule is COc1cc2c([AsH]c3cccc4ccoc34)ncnc2cc1OCC1CCN(C)CC1. The van der Waals surface area contributed by atoms with E-state index in [4.69, 9.17) is 13.9 Å². The molecule has 0 aliphatic carbocycles. The molecule has 1 aliphatic rings. The molecule has 0 bridgehead atoms. The quantitative estimate of drug-likeness (QED) is 0.396. The minimum atomic E-state index is -0.711. The predicted octanol–water partition coefficient (Wildman–Crippen LogP) is 2.49. The first-order valence-electron chi connectivity index (χ1n) is 10.6. The van der Waals surface area contributed by atoms with E-state index in [9.17, 15) is 0 Å². The van der Waals surface area contributed by atoms with Crippen molar-refractivity contribution >= 4 is 46.5 Å². The third-order valence-electron chi connectivity index (χ3n) is 5.97. The summed E-state index contributed by atoms with van der Waals surface area (Å²) < 4.78 is 19.9. The van der Waals surface area contributed by atoms with Gasteiger partial charge in [-0.15, -0.1) is 0 Å². The second kappa shape index (κ2) is 8.89. The second-order valence-electron chi connectivity index (χ2n) is 8.07. The summed E-state index contributed by atoms with van der Waals surface area (Å²) in [6.07, 6.45) is 5.73. The van der Waals surface area contributed by atoms with E-state index < -0.39 is 15.8 Å². The molecule has 0 N–H and O–H groups in total. The third-order valence-corrected chi connectivity index (χ3v) is 8.69. The van der Waals surface area contributed by atoms with Gasteiger partial charge < -0.3 is 0 Å².